The first-order valence-electron chi connectivity index (χ1n) is 5.18. The average molecular weight is 150 g/mol. The molecule has 0 aromatic heterocycles. The number of fused-ring (bicyclic) bond motifs is 2. The highest BCUT2D eigenvalue weighted by atomic mass is 14.8. The third-order valence-corrected chi connectivity index (χ3v) is 5.37. The highest BCUT2D eigenvalue weighted by Gasteiger charge is 2.74. The van der Waals surface area contributed by atoms with Crippen LogP contribution in [0.1, 0.15) is 33.6 Å². The summed E-state index contributed by atoms with van der Waals surface area (Å²) in [5.74, 6) is 5.52. The standard InChI is InChI=1S/C11H18/c1-6-4-9-5-11(10(6)9)7(2)8(11)3/h6-10H,4-5H2,1-3H3. The van der Waals surface area contributed by atoms with Gasteiger partial charge in [0.15, 0.2) is 0 Å². The van der Waals surface area contributed by atoms with E-state index in [2.05, 4.69) is 20.8 Å². The van der Waals surface area contributed by atoms with E-state index in [0.717, 1.165) is 35.0 Å². The third kappa shape index (κ3) is 0.467. The second-order valence-electron chi connectivity index (χ2n) is 5.39. The van der Waals surface area contributed by atoms with Crippen LogP contribution in [0, 0.1) is 35.0 Å². The predicted octanol–water partition coefficient (Wildman–Crippen LogP) is 2.93. The van der Waals surface area contributed by atoms with Crippen LogP contribution in [0.15, 0.2) is 0 Å². The van der Waals surface area contributed by atoms with E-state index in [1.165, 1.54) is 0 Å². The van der Waals surface area contributed by atoms with Crippen LogP contribution < -0.4 is 0 Å². The minimum atomic E-state index is 0.877. The van der Waals surface area contributed by atoms with Crippen LogP contribution >= 0.6 is 0 Å². The summed E-state index contributed by atoms with van der Waals surface area (Å²) >= 11 is 0. The Hall–Kier alpha value is 0. The van der Waals surface area contributed by atoms with Gasteiger partial charge in [-0.15, -0.1) is 0 Å². The smallest absolute Gasteiger partial charge is 0.0204 e. The van der Waals surface area contributed by atoms with Crippen molar-refractivity contribution >= 4 is 0 Å². The average Bonchev–Trinajstić information content (AvgIpc) is 2.40. The minimum Gasteiger partial charge on any atom is -0.0622 e. The molecule has 3 rings (SSSR count). The van der Waals surface area contributed by atoms with E-state index in [1.807, 2.05) is 0 Å². The maximum atomic E-state index is 2.46. The van der Waals surface area contributed by atoms with Crippen LogP contribution in [0.3, 0.4) is 0 Å². The number of rotatable bonds is 0. The molecule has 0 aliphatic heterocycles. The van der Waals surface area contributed by atoms with Crippen LogP contribution in [-0.2, 0) is 0 Å². The van der Waals surface area contributed by atoms with E-state index in [9.17, 15) is 0 Å². The maximum Gasteiger partial charge on any atom is -0.0204 e. The summed E-state index contributed by atoms with van der Waals surface area (Å²) in [5.41, 5.74) is 0.877. The van der Waals surface area contributed by atoms with Crippen molar-refractivity contribution in [1.82, 2.24) is 0 Å². The Kier molecular flexibility index (Phi) is 0.906. The molecule has 5 atom stereocenters. The lowest BCUT2D eigenvalue weighted by atomic mass is 9.45. The number of hydrogen-bond acceptors (Lipinski definition) is 0. The van der Waals surface area contributed by atoms with Gasteiger partial charge in [0, 0.05) is 0 Å². The summed E-state index contributed by atoms with van der Waals surface area (Å²) in [4.78, 5) is 0. The fourth-order valence-corrected chi connectivity index (χ4v) is 4.52. The molecule has 1 spiro atoms. The van der Waals surface area contributed by atoms with Gasteiger partial charge in [0.05, 0.1) is 0 Å². The molecule has 0 aromatic carbocycles. The van der Waals surface area contributed by atoms with Crippen LogP contribution in [0.25, 0.3) is 0 Å². The molecule has 0 saturated heterocycles. The van der Waals surface area contributed by atoms with Crippen LogP contribution in [0.4, 0.5) is 0 Å². The first-order chi connectivity index (χ1) is 5.18. The molecule has 3 aliphatic rings. The molecule has 0 N–H and O–H groups in total. The van der Waals surface area contributed by atoms with Gasteiger partial charge in [-0.05, 0) is 47.8 Å². The highest BCUT2D eigenvalue weighted by Crippen LogP contribution is 2.80. The Morgan fingerprint density at radius 1 is 1.09 bits per heavy atom. The minimum absolute atomic E-state index is 0.877. The van der Waals surface area contributed by atoms with E-state index in [0.29, 0.717) is 0 Å². The Morgan fingerprint density at radius 2 is 1.73 bits per heavy atom. The molecular weight excluding hydrogens is 132 g/mol. The number of hydrogen-bond donors (Lipinski definition) is 0. The van der Waals surface area contributed by atoms with Crippen molar-refractivity contribution in [2.45, 2.75) is 33.6 Å². The third-order valence-electron chi connectivity index (χ3n) is 5.37. The van der Waals surface area contributed by atoms with Gasteiger partial charge in [0.2, 0.25) is 0 Å². The molecule has 3 aliphatic carbocycles. The van der Waals surface area contributed by atoms with Gasteiger partial charge in [-0.2, -0.15) is 0 Å². The van der Waals surface area contributed by atoms with Crippen molar-refractivity contribution in [3.8, 4) is 0 Å². The zero-order valence-corrected chi connectivity index (χ0v) is 7.80. The molecule has 0 bridgehead atoms. The molecule has 3 saturated carbocycles. The Bertz CT molecular complexity index is 194. The first kappa shape index (κ1) is 6.51. The van der Waals surface area contributed by atoms with Gasteiger partial charge in [0.1, 0.15) is 0 Å². The van der Waals surface area contributed by atoms with E-state index >= 15 is 0 Å². The van der Waals surface area contributed by atoms with Crippen molar-refractivity contribution < 1.29 is 0 Å². The molecule has 0 heterocycles. The zero-order valence-electron chi connectivity index (χ0n) is 7.80. The molecule has 3 fully saturated rings. The Balaban J connectivity index is 1.84. The SMILES string of the molecule is CC1CC2CC3(C(C)C3C)C12. The second kappa shape index (κ2) is 1.53. The molecule has 0 nitrogen and oxygen atoms in total. The van der Waals surface area contributed by atoms with Crippen molar-refractivity contribution in [2.75, 3.05) is 0 Å². The molecule has 62 valence electrons. The fraction of sp³-hybridized carbons (Fsp3) is 1.00. The highest BCUT2D eigenvalue weighted by molar-refractivity contribution is 5.22. The van der Waals surface area contributed by atoms with E-state index in [4.69, 9.17) is 0 Å². The largest absolute Gasteiger partial charge is 0.0622 e. The van der Waals surface area contributed by atoms with E-state index in [1.54, 1.807) is 12.8 Å². The lowest BCUT2D eigenvalue weighted by molar-refractivity contribution is -0.112. The molecular formula is C11H18. The summed E-state index contributed by atoms with van der Waals surface area (Å²) in [5, 5.41) is 0. The molecule has 0 heteroatoms. The quantitative estimate of drug-likeness (QED) is 0.498. The van der Waals surface area contributed by atoms with Crippen molar-refractivity contribution in [1.29, 1.82) is 0 Å². The molecule has 0 aromatic rings. The monoisotopic (exact) mass is 150 g/mol. The van der Waals surface area contributed by atoms with E-state index in [-0.39, 0.29) is 0 Å². The first-order valence-corrected chi connectivity index (χ1v) is 5.18. The maximum absolute atomic E-state index is 2.46. The topological polar surface area (TPSA) is 0 Å². The summed E-state index contributed by atoms with van der Waals surface area (Å²) < 4.78 is 0. The Morgan fingerprint density at radius 3 is 2.00 bits per heavy atom. The lowest BCUT2D eigenvalue weighted by Gasteiger charge is -2.60. The zero-order chi connectivity index (χ0) is 7.80. The summed E-state index contributed by atoms with van der Waals surface area (Å²) in [6, 6.07) is 0. The van der Waals surface area contributed by atoms with Crippen molar-refractivity contribution in [3.63, 3.8) is 0 Å². The molecule has 5 unspecified atom stereocenters. The Labute approximate surface area is 69.4 Å². The van der Waals surface area contributed by atoms with Gasteiger partial charge >= 0.3 is 0 Å². The van der Waals surface area contributed by atoms with Gasteiger partial charge in [0.25, 0.3) is 0 Å². The lowest BCUT2D eigenvalue weighted by Crippen LogP contribution is -2.53. The predicted molar refractivity (Wildman–Crippen MR) is 46.1 cm³/mol. The summed E-state index contributed by atoms with van der Waals surface area (Å²) in [7, 11) is 0. The van der Waals surface area contributed by atoms with E-state index < -0.39 is 0 Å². The van der Waals surface area contributed by atoms with Crippen LogP contribution in [0.2, 0.25) is 0 Å². The molecule has 11 heavy (non-hydrogen) atoms. The van der Waals surface area contributed by atoms with Gasteiger partial charge in [-0.1, -0.05) is 20.8 Å². The van der Waals surface area contributed by atoms with Crippen LogP contribution in [-0.4, -0.2) is 0 Å². The summed E-state index contributed by atoms with van der Waals surface area (Å²) in [6.45, 7) is 7.39. The van der Waals surface area contributed by atoms with Gasteiger partial charge in [-0.25, -0.2) is 0 Å². The fourth-order valence-electron chi connectivity index (χ4n) is 4.52. The molecule has 0 amide bonds. The summed E-state index contributed by atoms with van der Waals surface area (Å²) in [6.07, 6.45) is 3.14. The van der Waals surface area contributed by atoms with Crippen LogP contribution in [0.5, 0.6) is 0 Å². The van der Waals surface area contributed by atoms with Gasteiger partial charge < -0.3 is 0 Å². The normalized spacial score (nSPS) is 71.7. The van der Waals surface area contributed by atoms with Crippen molar-refractivity contribution in [2.24, 2.45) is 35.0 Å². The van der Waals surface area contributed by atoms with Crippen molar-refractivity contribution in [3.05, 3.63) is 0 Å². The second-order valence-corrected chi connectivity index (χ2v) is 5.39. The molecule has 0 radical (unpaired) electrons. The van der Waals surface area contributed by atoms with Gasteiger partial charge in [-0.3, -0.25) is 0 Å².